The predicted octanol–water partition coefficient (Wildman–Crippen LogP) is 0.547. The van der Waals surface area contributed by atoms with Crippen LogP contribution in [0.5, 0.6) is 5.75 Å². The number of ether oxygens (including phenoxy) is 1. The Bertz CT molecular complexity index is 336. The minimum atomic E-state index is -0.437. The van der Waals surface area contributed by atoms with E-state index in [2.05, 4.69) is 5.32 Å². The van der Waals surface area contributed by atoms with Gasteiger partial charge in [0.25, 0.3) is 0 Å². The maximum atomic E-state index is 10.7. The van der Waals surface area contributed by atoms with E-state index in [1.54, 1.807) is 18.2 Å². The van der Waals surface area contributed by atoms with Crippen LogP contribution in [0.15, 0.2) is 18.2 Å². The second kappa shape index (κ2) is 2.41. The van der Waals surface area contributed by atoms with Crippen molar-refractivity contribution in [1.82, 2.24) is 0 Å². The fourth-order valence-corrected chi connectivity index (χ4v) is 1.13. The highest BCUT2D eigenvalue weighted by Gasteiger charge is 2.12. The molecule has 0 bridgehead atoms. The highest BCUT2D eigenvalue weighted by molar-refractivity contribution is 5.94. The van der Waals surface area contributed by atoms with Gasteiger partial charge >= 0.3 is 0 Å². The third-order valence-corrected chi connectivity index (χ3v) is 1.76. The Balaban J connectivity index is 2.45. The van der Waals surface area contributed by atoms with Gasteiger partial charge < -0.3 is 15.8 Å². The van der Waals surface area contributed by atoms with Crippen molar-refractivity contribution in [3.63, 3.8) is 0 Å². The first-order valence-corrected chi connectivity index (χ1v) is 3.58. The topological polar surface area (TPSA) is 64.4 Å². The summed E-state index contributed by atoms with van der Waals surface area (Å²) >= 11 is 0. The van der Waals surface area contributed by atoms with Crippen LogP contribution in [0, 0.1) is 0 Å². The van der Waals surface area contributed by atoms with E-state index >= 15 is 0 Å². The van der Waals surface area contributed by atoms with E-state index in [-0.39, 0.29) is 0 Å². The molecule has 12 heavy (non-hydrogen) atoms. The second-order valence-electron chi connectivity index (χ2n) is 2.54. The molecule has 0 radical (unpaired) electrons. The molecule has 2 rings (SSSR count). The molecule has 0 spiro atoms. The Hall–Kier alpha value is -1.71. The van der Waals surface area contributed by atoms with E-state index in [0.29, 0.717) is 18.0 Å². The van der Waals surface area contributed by atoms with Gasteiger partial charge in [0.2, 0.25) is 5.91 Å². The molecule has 1 aromatic rings. The molecule has 0 aliphatic carbocycles. The Kier molecular flexibility index (Phi) is 1.40. The summed E-state index contributed by atoms with van der Waals surface area (Å²) in [6.45, 7) is 0.456. The number of rotatable bonds is 1. The molecule has 1 heterocycles. The largest absolute Gasteiger partial charge is 0.471 e. The predicted molar refractivity (Wildman–Crippen MR) is 44.1 cm³/mol. The van der Waals surface area contributed by atoms with Crippen LogP contribution < -0.4 is 15.8 Å². The number of carbonyl (C=O) groups excluding carboxylic acids is 1. The van der Waals surface area contributed by atoms with Crippen LogP contribution in [-0.2, 0) is 0 Å². The van der Waals surface area contributed by atoms with Gasteiger partial charge in [0, 0.05) is 5.56 Å². The van der Waals surface area contributed by atoms with E-state index in [1.165, 1.54) is 0 Å². The molecular weight excluding hydrogens is 156 g/mol. The fraction of sp³-hybridized carbons (Fsp3) is 0.125. The molecule has 4 heteroatoms. The van der Waals surface area contributed by atoms with Gasteiger partial charge in [0.05, 0.1) is 5.69 Å². The average Bonchev–Trinajstić information content (AvgIpc) is 2.49. The number of primary amides is 1. The van der Waals surface area contributed by atoms with Gasteiger partial charge in [-0.25, -0.2) is 0 Å². The highest BCUT2D eigenvalue weighted by Crippen LogP contribution is 2.29. The third kappa shape index (κ3) is 0.972. The lowest BCUT2D eigenvalue weighted by molar-refractivity contribution is 0.1000. The Labute approximate surface area is 69.3 Å². The summed E-state index contributed by atoms with van der Waals surface area (Å²) in [5, 5.41) is 2.99. The summed E-state index contributed by atoms with van der Waals surface area (Å²) in [6, 6.07) is 5.09. The average molecular weight is 164 g/mol. The summed E-state index contributed by atoms with van der Waals surface area (Å²) in [7, 11) is 0. The van der Waals surface area contributed by atoms with Gasteiger partial charge in [-0.05, 0) is 18.2 Å². The summed E-state index contributed by atoms with van der Waals surface area (Å²) in [4.78, 5) is 10.7. The van der Waals surface area contributed by atoms with Crippen LogP contribution in [0.3, 0.4) is 0 Å². The van der Waals surface area contributed by atoms with E-state index in [9.17, 15) is 4.79 Å². The third-order valence-electron chi connectivity index (χ3n) is 1.76. The van der Waals surface area contributed by atoms with E-state index in [1.807, 2.05) is 0 Å². The number of fused-ring (bicyclic) bond motifs is 1. The van der Waals surface area contributed by atoms with Crippen molar-refractivity contribution in [2.45, 2.75) is 0 Å². The van der Waals surface area contributed by atoms with Gasteiger partial charge in [-0.1, -0.05) is 0 Å². The second-order valence-corrected chi connectivity index (χ2v) is 2.54. The molecule has 1 aliphatic heterocycles. The van der Waals surface area contributed by atoms with Crippen molar-refractivity contribution in [2.24, 2.45) is 5.73 Å². The van der Waals surface area contributed by atoms with Crippen molar-refractivity contribution in [2.75, 3.05) is 12.0 Å². The van der Waals surface area contributed by atoms with Gasteiger partial charge in [-0.2, -0.15) is 0 Å². The number of amides is 1. The van der Waals surface area contributed by atoms with E-state index < -0.39 is 5.91 Å². The highest BCUT2D eigenvalue weighted by atomic mass is 16.5. The standard InChI is InChI=1S/C8H8N2O2/c9-8(11)5-1-2-6-7(3-5)12-4-10-6/h1-3,10H,4H2,(H2,9,11). The van der Waals surface area contributed by atoms with E-state index in [4.69, 9.17) is 10.5 Å². The van der Waals surface area contributed by atoms with Crippen molar-refractivity contribution in [1.29, 1.82) is 0 Å². The zero-order chi connectivity index (χ0) is 8.55. The quantitative estimate of drug-likeness (QED) is 0.637. The monoisotopic (exact) mass is 164 g/mol. The number of carbonyl (C=O) groups is 1. The summed E-state index contributed by atoms with van der Waals surface area (Å²) in [5.41, 5.74) is 6.47. The number of anilines is 1. The zero-order valence-electron chi connectivity index (χ0n) is 6.33. The van der Waals surface area contributed by atoms with Crippen molar-refractivity contribution >= 4 is 11.6 Å². The minimum absolute atomic E-state index is 0.437. The lowest BCUT2D eigenvalue weighted by atomic mass is 10.2. The molecule has 3 N–H and O–H groups in total. The lowest BCUT2D eigenvalue weighted by Crippen LogP contribution is -2.10. The molecule has 0 aromatic heterocycles. The maximum absolute atomic E-state index is 10.7. The molecule has 0 saturated heterocycles. The summed E-state index contributed by atoms with van der Waals surface area (Å²) in [5.74, 6) is 0.250. The number of benzene rings is 1. The Morgan fingerprint density at radius 3 is 3.17 bits per heavy atom. The van der Waals surface area contributed by atoms with Crippen LogP contribution in [0.2, 0.25) is 0 Å². The van der Waals surface area contributed by atoms with E-state index in [0.717, 1.165) is 5.69 Å². The smallest absolute Gasteiger partial charge is 0.248 e. The lowest BCUT2D eigenvalue weighted by Gasteiger charge is -1.98. The zero-order valence-corrected chi connectivity index (χ0v) is 6.33. The van der Waals surface area contributed by atoms with Crippen LogP contribution in [-0.4, -0.2) is 12.6 Å². The van der Waals surface area contributed by atoms with Crippen LogP contribution in [0.1, 0.15) is 10.4 Å². The molecule has 62 valence electrons. The molecule has 1 aliphatic rings. The number of hydrogen-bond acceptors (Lipinski definition) is 3. The summed E-state index contributed by atoms with van der Waals surface area (Å²) in [6.07, 6.45) is 0. The molecule has 0 unspecified atom stereocenters. The van der Waals surface area contributed by atoms with Gasteiger partial charge in [0.15, 0.2) is 6.73 Å². The van der Waals surface area contributed by atoms with Gasteiger partial charge in [0.1, 0.15) is 5.75 Å². The first-order valence-electron chi connectivity index (χ1n) is 3.58. The normalized spacial score (nSPS) is 13.0. The molecule has 1 amide bonds. The maximum Gasteiger partial charge on any atom is 0.248 e. The van der Waals surface area contributed by atoms with Crippen LogP contribution >= 0.6 is 0 Å². The van der Waals surface area contributed by atoms with Crippen molar-refractivity contribution < 1.29 is 9.53 Å². The number of nitrogens with two attached hydrogens (primary N) is 1. The molecule has 4 nitrogen and oxygen atoms in total. The molecule has 1 aromatic carbocycles. The minimum Gasteiger partial charge on any atom is -0.471 e. The SMILES string of the molecule is NC(=O)c1ccc2c(c1)OCN2. The molecule has 0 saturated carbocycles. The molecule has 0 fully saturated rings. The Morgan fingerprint density at radius 2 is 2.42 bits per heavy atom. The summed E-state index contributed by atoms with van der Waals surface area (Å²) < 4.78 is 5.17. The first kappa shape index (κ1) is 6.97. The first-order chi connectivity index (χ1) is 5.77. The van der Waals surface area contributed by atoms with Crippen LogP contribution in [0.4, 0.5) is 5.69 Å². The van der Waals surface area contributed by atoms with Gasteiger partial charge in [-0.3, -0.25) is 4.79 Å². The molecule has 0 atom stereocenters. The van der Waals surface area contributed by atoms with Gasteiger partial charge in [-0.15, -0.1) is 0 Å². The fourth-order valence-electron chi connectivity index (χ4n) is 1.13. The Morgan fingerprint density at radius 1 is 1.58 bits per heavy atom. The van der Waals surface area contributed by atoms with Crippen molar-refractivity contribution in [3.8, 4) is 5.75 Å². The molecular formula is C8H8N2O2. The van der Waals surface area contributed by atoms with Crippen LogP contribution in [0.25, 0.3) is 0 Å². The number of hydrogen-bond donors (Lipinski definition) is 2. The number of nitrogens with one attached hydrogen (secondary N) is 1. The van der Waals surface area contributed by atoms with Crippen molar-refractivity contribution in [3.05, 3.63) is 23.8 Å².